The Morgan fingerprint density at radius 3 is 2.70 bits per heavy atom. The molecule has 2 aliphatic heterocycles. The Morgan fingerprint density at radius 1 is 1.07 bits per heavy atom. The van der Waals surface area contributed by atoms with Gasteiger partial charge < -0.3 is 4.90 Å². The summed E-state index contributed by atoms with van der Waals surface area (Å²) in [6.45, 7) is 0.564. The molecule has 7 heteroatoms. The number of thioether (sulfide) groups is 1. The van der Waals surface area contributed by atoms with E-state index in [1.807, 2.05) is 29.2 Å². The second-order valence-electron chi connectivity index (χ2n) is 8.13. The van der Waals surface area contributed by atoms with Crippen molar-refractivity contribution < 1.29 is 9.18 Å². The van der Waals surface area contributed by atoms with E-state index >= 15 is 0 Å². The summed E-state index contributed by atoms with van der Waals surface area (Å²) < 4.78 is 13.6. The van der Waals surface area contributed by atoms with Crippen LogP contribution in [0.4, 0.5) is 4.39 Å². The van der Waals surface area contributed by atoms with E-state index < -0.39 is 0 Å². The van der Waals surface area contributed by atoms with E-state index in [-0.39, 0.29) is 30.0 Å². The second-order valence-corrected chi connectivity index (χ2v) is 9.08. The second kappa shape index (κ2) is 8.30. The number of fused-ring (bicyclic) bond motifs is 3. The van der Waals surface area contributed by atoms with Gasteiger partial charge in [-0.2, -0.15) is 5.10 Å². The number of rotatable bonds is 4. The maximum atomic E-state index is 13.6. The summed E-state index contributed by atoms with van der Waals surface area (Å²) in [7, 11) is 0. The summed E-state index contributed by atoms with van der Waals surface area (Å²) >= 11 is 1.61. The molecule has 1 amide bonds. The van der Waals surface area contributed by atoms with Gasteiger partial charge in [-0.05, 0) is 36.1 Å². The number of hydrazone groups is 1. The van der Waals surface area contributed by atoms with Crippen LogP contribution in [0.2, 0.25) is 0 Å². The lowest BCUT2D eigenvalue weighted by Gasteiger charge is -2.50. The summed E-state index contributed by atoms with van der Waals surface area (Å²) in [5.74, 6) is 0.663. The minimum Gasteiger partial charge on any atom is -0.307 e. The number of hydrogen-bond donors (Lipinski definition) is 1. The molecule has 3 unspecified atom stereocenters. The molecule has 156 valence electrons. The standard InChI is InChI=1S/C23H25FN4OS/c24-18-10-6-9-17(13-18)15-30-23-26-25-22-27(14-16-7-2-1-3-8-16)21(29)19-11-4-5-12-20(19)28(22)23/h1-3,6-10,13,19-20,22,25H,4-5,11-12,14-15H2. The number of carbonyl (C=O) groups is 1. The smallest absolute Gasteiger partial charge is 0.231 e. The van der Waals surface area contributed by atoms with Crippen LogP contribution < -0.4 is 5.43 Å². The molecule has 1 saturated carbocycles. The number of carbonyl (C=O) groups excluding carboxylic acids is 1. The van der Waals surface area contributed by atoms with Gasteiger partial charge in [0.15, 0.2) is 11.5 Å². The van der Waals surface area contributed by atoms with Gasteiger partial charge in [0.2, 0.25) is 5.91 Å². The number of hydrogen-bond acceptors (Lipinski definition) is 5. The predicted molar refractivity (Wildman–Crippen MR) is 117 cm³/mol. The van der Waals surface area contributed by atoms with E-state index in [1.165, 1.54) is 6.07 Å². The van der Waals surface area contributed by atoms with Crippen molar-refractivity contribution in [1.29, 1.82) is 0 Å². The number of amidine groups is 1. The summed E-state index contributed by atoms with van der Waals surface area (Å²) in [4.78, 5) is 17.6. The van der Waals surface area contributed by atoms with Crippen molar-refractivity contribution in [3.8, 4) is 0 Å². The summed E-state index contributed by atoms with van der Waals surface area (Å²) in [5, 5.41) is 5.50. The van der Waals surface area contributed by atoms with Crippen LogP contribution in [0, 0.1) is 11.7 Å². The first-order chi connectivity index (χ1) is 14.7. The van der Waals surface area contributed by atoms with Crippen LogP contribution in [-0.2, 0) is 17.1 Å². The lowest BCUT2D eigenvalue weighted by molar-refractivity contribution is -0.156. The zero-order chi connectivity index (χ0) is 20.5. The van der Waals surface area contributed by atoms with Gasteiger partial charge in [0.1, 0.15) is 5.82 Å². The van der Waals surface area contributed by atoms with E-state index in [2.05, 4.69) is 27.6 Å². The molecule has 3 atom stereocenters. The van der Waals surface area contributed by atoms with E-state index in [9.17, 15) is 9.18 Å². The molecule has 2 aromatic rings. The number of benzene rings is 2. The highest BCUT2D eigenvalue weighted by Gasteiger charge is 2.50. The minimum absolute atomic E-state index is 0.0126. The third-order valence-corrected chi connectivity index (χ3v) is 7.23. The van der Waals surface area contributed by atoms with Crippen molar-refractivity contribution >= 4 is 22.8 Å². The number of nitrogens with zero attached hydrogens (tertiary/aromatic N) is 3. The molecule has 3 aliphatic rings. The molecule has 5 rings (SSSR count). The van der Waals surface area contributed by atoms with Crippen molar-refractivity contribution in [3.63, 3.8) is 0 Å². The highest BCUT2D eigenvalue weighted by molar-refractivity contribution is 8.13. The fourth-order valence-corrected chi connectivity index (χ4v) is 5.75. The van der Waals surface area contributed by atoms with Crippen molar-refractivity contribution in [2.24, 2.45) is 11.0 Å². The largest absolute Gasteiger partial charge is 0.307 e. The maximum absolute atomic E-state index is 13.6. The Bertz CT molecular complexity index is 953. The van der Waals surface area contributed by atoms with Gasteiger partial charge in [-0.15, -0.1) is 0 Å². The quantitative estimate of drug-likeness (QED) is 0.802. The Balaban J connectivity index is 1.38. The molecule has 1 saturated heterocycles. The summed E-state index contributed by atoms with van der Waals surface area (Å²) in [6, 6.07) is 17.0. The Hall–Kier alpha value is -2.54. The van der Waals surface area contributed by atoms with Crippen LogP contribution >= 0.6 is 11.8 Å². The highest BCUT2D eigenvalue weighted by Crippen LogP contribution is 2.39. The lowest BCUT2D eigenvalue weighted by Crippen LogP contribution is -2.66. The molecule has 0 radical (unpaired) electrons. The molecule has 1 aliphatic carbocycles. The van der Waals surface area contributed by atoms with Gasteiger partial charge >= 0.3 is 0 Å². The monoisotopic (exact) mass is 424 g/mol. The van der Waals surface area contributed by atoms with E-state index in [4.69, 9.17) is 0 Å². The van der Waals surface area contributed by atoms with Gasteiger partial charge in [0.25, 0.3) is 0 Å². The van der Waals surface area contributed by atoms with Crippen molar-refractivity contribution in [1.82, 2.24) is 15.2 Å². The first-order valence-electron chi connectivity index (χ1n) is 10.5. The molecule has 1 N–H and O–H groups in total. The third kappa shape index (κ3) is 3.67. The van der Waals surface area contributed by atoms with Gasteiger partial charge in [0, 0.05) is 18.3 Å². The topological polar surface area (TPSA) is 47.9 Å². The van der Waals surface area contributed by atoms with Crippen LogP contribution in [0.15, 0.2) is 59.7 Å². The molecule has 0 spiro atoms. The Morgan fingerprint density at radius 2 is 1.87 bits per heavy atom. The fourth-order valence-electron chi connectivity index (χ4n) is 4.77. The number of nitrogens with one attached hydrogen (secondary N) is 1. The Kier molecular flexibility index (Phi) is 5.37. The van der Waals surface area contributed by atoms with Crippen LogP contribution in [0.3, 0.4) is 0 Å². The normalized spacial score (nSPS) is 25.4. The number of halogens is 1. The average molecular weight is 425 g/mol. The van der Waals surface area contributed by atoms with E-state index in [0.29, 0.717) is 12.3 Å². The minimum atomic E-state index is -0.257. The molecule has 2 heterocycles. The first-order valence-corrected chi connectivity index (χ1v) is 11.5. The van der Waals surface area contributed by atoms with Gasteiger partial charge in [-0.3, -0.25) is 15.1 Å². The van der Waals surface area contributed by atoms with Gasteiger partial charge in [-0.25, -0.2) is 4.39 Å². The Labute approximate surface area is 180 Å². The summed E-state index contributed by atoms with van der Waals surface area (Å²) in [5.41, 5.74) is 5.26. The average Bonchev–Trinajstić information content (AvgIpc) is 3.20. The third-order valence-electron chi connectivity index (χ3n) is 6.20. The molecule has 30 heavy (non-hydrogen) atoms. The molecule has 0 aromatic heterocycles. The fraction of sp³-hybridized carbons (Fsp3) is 0.391. The predicted octanol–water partition coefficient (Wildman–Crippen LogP) is 4.12. The molecule has 2 fully saturated rings. The molecule has 5 nitrogen and oxygen atoms in total. The van der Waals surface area contributed by atoms with Crippen LogP contribution in [0.5, 0.6) is 0 Å². The van der Waals surface area contributed by atoms with Crippen molar-refractivity contribution in [2.45, 2.75) is 50.3 Å². The molecular formula is C23H25FN4OS. The van der Waals surface area contributed by atoms with E-state index in [1.54, 1.807) is 23.9 Å². The zero-order valence-electron chi connectivity index (χ0n) is 16.7. The highest BCUT2D eigenvalue weighted by atomic mass is 32.2. The van der Waals surface area contributed by atoms with Crippen LogP contribution in [0.1, 0.15) is 36.8 Å². The molecule has 0 bridgehead atoms. The van der Waals surface area contributed by atoms with Crippen LogP contribution in [-0.4, -0.2) is 33.2 Å². The first kappa shape index (κ1) is 19.4. The van der Waals surface area contributed by atoms with Crippen molar-refractivity contribution in [2.75, 3.05) is 0 Å². The maximum Gasteiger partial charge on any atom is 0.231 e. The lowest BCUT2D eigenvalue weighted by atomic mass is 9.81. The molecule has 2 aromatic carbocycles. The number of amides is 1. The van der Waals surface area contributed by atoms with Gasteiger partial charge in [-0.1, -0.05) is 67.1 Å². The molecular weight excluding hydrogens is 399 g/mol. The van der Waals surface area contributed by atoms with Crippen LogP contribution in [0.25, 0.3) is 0 Å². The summed E-state index contributed by atoms with van der Waals surface area (Å²) in [6.07, 6.45) is 3.92. The van der Waals surface area contributed by atoms with E-state index in [0.717, 1.165) is 42.0 Å². The zero-order valence-corrected chi connectivity index (χ0v) is 17.5. The van der Waals surface area contributed by atoms with Crippen molar-refractivity contribution in [3.05, 3.63) is 71.5 Å². The SMILES string of the molecule is O=C1C2CCCCC2N2C(SCc3cccc(F)c3)=NNC2N1Cc1ccccc1. The van der Waals surface area contributed by atoms with Gasteiger partial charge in [0.05, 0.1) is 5.92 Å².